The fourth-order valence-corrected chi connectivity index (χ4v) is 0.716. The van der Waals surface area contributed by atoms with E-state index in [1.807, 2.05) is 37.3 Å². The van der Waals surface area contributed by atoms with Crippen molar-refractivity contribution in [3.63, 3.8) is 0 Å². The Labute approximate surface area is 74.0 Å². The normalized spacial score (nSPS) is 8.10. The molecule has 1 aromatic rings. The number of nitrogens with zero attached hydrogens (tertiary/aromatic N) is 1. The van der Waals surface area contributed by atoms with Gasteiger partial charge in [0.25, 0.3) is 0 Å². The molecule has 0 aliphatic heterocycles. The second-order valence-electron chi connectivity index (χ2n) is 1.81. The van der Waals surface area contributed by atoms with Crippen LogP contribution in [0.25, 0.3) is 5.32 Å². The van der Waals surface area contributed by atoms with Crippen LogP contribution >= 0.6 is 0 Å². The van der Waals surface area contributed by atoms with Gasteiger partial charge in [-0.25, -0.2) is 0 Å². The molecule has 48 valence electrons. The molecule has 0 atom stereocenters. The maximum Gasteiger partial charge on any atom is 1.00 e. The molecule has 0 spiro atoms. The van der Waals surface area contributed by atoms with Crippen LogP contribution in [0.2, 0.25) is 0 Å². The molecule has 2 heteroatoms. The summed E-state index contributed by atoms with van der Waals surface area (Å²) in [5.41, 5.74) is 1.07. The number of hydrogen-bond acceptors (Lipinski definition) is 0. The Kier molecular flexibility index (Phi) is 5.20. The Morgan fingerprint density at radius 1 is 1.20 bits per heavy atom. The zero-order valence-corrected chi connectivity index (χ0v) is 6.54. The van der Waals surface area contributed by atoms with Crippen LogP contribution in [0.4, 0.5) is 5.69 Å². The summed E-state index contributed by atoms with van der Waals surface area (Å²) in [5, 5.41) is 4.21. The minimum atomic E-state index is 0. The first-order chi connectivity index (χ1) is 4.43. The number of para-hydroxylation sites is 1. The van der Waals surface area contributed by atoms with E-state index in [0.29, 0.717) is 0 Å². The molecule has 1 aromatic carbocycles. The maximum absolute atomic E-state index is 4.21. The Morgan fingerprint density at radius 3 is 2.30 bits per heavy atom. The Bertz CT molecular complexity index is 162. The van der Waals surface area contributed by atoms with Crippen LogP contribution in [0.15, 0.2) is 30.3 Å². The van der Waals surface area contributed by atoms with Crippen molar-refractivity contribution in [2.75, 3.05) is 6.54 Å². The molecule has 0 aromatic heterocycles. The van der Waals surface area contributed by atoms with Crippen LogP contribution in [0.5, 0.6) is 0 Å². The van der Waals surface area contributed by atoms with Crippen LogP contribution in [0, 0.1) is 0 Å². The standard InChI is InChI=1S/C8H10N.Li/c1-2-9-8-6-4-3-5-7-8;/h3-7H,2H2,1H3;/q-1;+1. The van der Waals surface area contributed by atoms with Gasteiger partial charge in [-0.15, -0.1) is 12.2 Å². The van der Waals surface area contributed by atoms with Gasteiger partial charge >= 0.3 is 18.9 Å². The van der Waals surface area contributed by atoms with Crippen molar-refractivity contribution in [3.05, 3.63) is 35.6 Å². The molecule has 10 heavy (non-hydrogen) atoms. The van der Waals surface area contributed by atoms with Crippen LogP contribution in [0.3, 0.4) is 0 Å². The second-order valence-corrected chi connectivity index (χ2v) is 1.81. The molecule has 0 fully saturated rings. The number of hydrogen-bond donors (Lipinski definition) is 0. The quantitative estimate of drug-likeness (QED) is 0.485. The summed E-state index contributed by atoms with van der Waals surface area (Å²) in [5.74, 6) is 0. The number of rotatable bonds is 2. The average Bonchev–Trinajstić information content (AvgIpc) is 1.91. The van der Waals surface area contributed by atoms with Crippen LogP contribution in [-0.2, 0) is 0 Å². The monoisotopic (exact) mass is 127 g/mol. The van der Waals surface area contributed by atoms with Crippen molar-refractivity contribution in [3.8, 4) is 0 Å². The fraction of sp³-hybridized carbons (Fsp3) is 0.250. The summed E-state index contributed by atoms with van der Waals surface area (Å²) in [6.45, 7) is 2.90. The summed E-state index contributed by atoms with van der Waals surface area (Å²) in [7, 11) is 0. The van der Waals surface area contributed by atoms with E-state index in [-0.39, 0.29) is 18.9 Å². The van der Waals surface area contributed by atoms with Gasteiger partial charge < -0.3 is 5.32 Å². The summed E-state index contributed by atoms with van der Waals surface area (Å²) in [4.78, 5) is 0. The molecule has 0 N–H and O–H groups in total. The first-order valence-corrected chi connectivity index (χ1v) is 3.16. The predicted octanol–water partition coefficient (Wildman–Crippen LogP) is -0.284. The van der Waals surface area contributed by atoms with E-state index in [2.05, 4.69) is 5.32 Å². The predicted molar refractivity (Wildman–Crippen MR) is 40.0 cm³/mol. The minimum Gasteiger partial charge on any atom is -0.685 e. The van der Waals surface area contributed by atoms with Crippen molar-refractivity contribution in [1.82, 2.24) is 0 Å². The summed E-state index contributed by atoms with van der Waals surface area (Å²) >= 11 is 0. The molecule has 0 unspecified atom stereocenters. The molecule has 0 radical (unpaired) electrons. The molecule has 0 amide bonds. The number of benzene rings is 1. The topological polar surface area (TPSA) is 14.1 Å². The van der Waals surface area contributed by atoms with E-state index >= 15 is 0 Å². The molecule has 0 heterocycles. The van der Waals surface area contributed by atoms with E-state index in [1.54, 1.807) is 0 Å². The Morgan fingerprint density at radius 2 is 1.80 bits per heavy atom. The fourth-order valence-electron chi connectivity index (χ4n) is 0.716. The van der Waals surface area contributed by atoms with Crippen molar-refractivity contribution in [2.24, 2.45) is 0 Å². The van der Waals surface area contributed by atoms with Crippen molar-refractivity contribution in [1.29, 1.82) is 0 Å². The molecule has 1 rings (SSSR count). The Balaban J connectivity index is 0.000000810. The summed E-state index contributed by atoms with van der Waals surface area (Å²) < 4.78 is 0. The van der Waals surface area contributed by atoms with Crippen LogP contribution < -0.4 is 18.9 Å². The molecule has 0 bridgehead atoms. The van der Waals surface area contributed by atoms with Gasteiger partial charge in [0.05, 0.1) is 0 Å². The third kappa shape index (κ3) is 2.96. The Hall–Kier alpha value is -0.383. The van der Waals surface area contributed by atoms with Crippen molar-refractivity contribution in [2.45, 2.75) is 6.92 Å². The average molecular weight is 127 g/mol. The first kappa shape index (κ1) is 9.62. The zero-order chi connectivity index (χ0) is 6.53. The first-order valence-electron chi connectivity index (χ1n) is 3.16. The van der Waals surface area contributed by atoms with Gasteiger partial charge in [-0.1, -0.05) is 37.3 Å². The van der Waals surface area contributed by atoms with Crippen LogP contribution in [0.1, 0.15) is 6.92 Å². The second kappa shape index (κ2) is 5.41. The maximum atomic E-state index is 4.21. The SMILES string of the molecule is CC[N-]c1ccccc1.[Li+]. The molecule has 0 saturated carbocycles. The molecule has 0 aliphatic carbocycles. The van der Waals surface area contributed by atoms with E-state index in [0.717, 1.165) is 12.2 Å². The zero-order valence-electron chi connectivity index (χ0n) is 6.54. The van der Waals surface area contributed by atoms with Crippen molar-refractivity contribution >= 4 is 5.69 Å². The molecular formula is C8H10LiN. The van der Waals surface area contributed by atoms with Gasteiger partial charge in [0.2, 0.25) is 0 Å². The van der Waals surface area contributed by atoms with E-state index in [1.165, 1.54) is 0 Å². The molecule has 0 saturated heterocycles. The molecule has 1 nitrogen and oxygen atoms in total. The third-order valence-corrected chi connectivity index (χ3v) is 1.10. The van der Waals surface area contributed by atoms with E-state index in [4.69, 9.17) is 0 Å². The van der Waals surface area contributed by atoms with Crippen LogP contribution in [-0.4, -0.2) is 6.54 Å². The van der Waals surface area contributed by atoms with E-state index < -0.39 is 0 Å². The van der Waals surface area contributed by atoms with Gasteiger partial charge in [0, 0.05) is 0 Å². The van der Waals surface area contributed by atoms with Gasteiger partial charge in [-0.2, -0.15) is 0 Å². The van der Waals surface area contributed by atoms with E-state index in [9.17, 15) is 0 Å². The smallest absolute Gasteiger partial charge is 0.685 e. The van der Waals surface area contributed by atoms with Gasteiger partial charge in [0.15, 0.2) is 0 Å². The third-order valence-electron chi connectivity index (χ3n) is 1.10. The van der Waals surface area contributed by atoms with Crippen molar-refractivity contribution < 1.29 is 18.9 Å². The molecular weight excluding hydrogens is 117 g/mol. The molecule has 0 aliphatic rings. The largest absolute Gasteiger partial charge is 1.00 e. The summed E-state index contributed by atoms with van der Waals surface area (Å²) in [6, 6.07) is 9.99. The van der Waals surface area contributed by atoms with Gasteiger partial charge in [-0.05, 0) is 0 Å². The minimum absolute atomic E-state index is 0. The summed E-state index contributed by atoms with van der Waals surface area (Å²) in [6.07, 6.45) is 0. The van der Waals surface area contributed by atoms with Gasteiger partial charge in [-0.3, -0.25) is 0 Å². The van der Waals surface area contributed by atoms with Gasteiger partial charge in [0.1, 0.15) is 0 Å².